The highest BCUT2D eigenvalue weighted by Crippen LogP contribution is 2.45. The number of amidine groups is 1. The lowest BCUT2D eigenvalue weighted by atomic mass is 9.74. The minimum absolute atomic E-state index is 0.0245. The van der Waals surface area contributed by atoms with E-state index >= 15 is 4.39 Å². The summed E-state index contributed by atoms with van der Waals surface area (Å²) in [6, 6.07) is 7.28. The number of ether oxygens (including phenoxy) is 1. The number of halogens is 3. The van der Waals surface area contributed by atoms with Crippen LogP contribution in [0, 0.1) is 5.82 Å². The standard InChI is InChI=1S/C21H22ClF2N3O2/c1-3-21(20(2,24)12-29-11-19(25)27-21)15-8-13(4-6-16(15)23)9-18(28)17-7-5-14(22)10-26-17/h4-8,10H,3,9,11-12H2,1-2H3,(H2,25,27)/t20?,21-/m1/s1. The first-order valence-electron chi connectivity index (χ1n) is 9.23. The second-order valence-corrected chi connectivity index (χ2v) is 7.72. The number of aromatic nitrogens is 1. The van der Waals surface area contributed by atoms with E-state index in [0.29, 0.717) is 10.6 Å². The summed E-state index contributed by atoms with van der Waals surface area (Å²) in [5.41, 5.74) is 3.12. The number of pyridine rings is 1. The van der Waals surface area contributed by atoms with Gasteiger partial charge in [0.05, 0.1) is 11.6 Å². The van der Waals surface area contributed by atoms with E-state index in [-0.39, 0.29) is 48.9 Å². The lowest BCUT2D eigenvalue weighted by Crippen LogP contribution is -2.48. The van der Waals surface area contributed by atoms with Crippen LogP contribution >= 0.6 is 11.6 Å². The Hall–Kier alpha value is -2.38. The molecule has 2 atom stereocenters. The lowest BCUT2D eigenvalue weighted by molar-refractivity contribution is -0.00941. The van der Waals surface area contributed by atoms with Gasteiger partial charge in [-0.3, -0.25) is 14.8 Å². The number of alkyl halides is 1. The van der Waals surface area contributed by atoms with Crippen molar-refractivity contribution in [3.05, 3.63) is 64.2 Å². The van der Waals surface area contributed by atoms with E-state index in [1.807, 2.05) is 0 Å². The number of benzene rings is 1. The van der Waals surface area contributed by atoms with Crippen molar-refractivity contribution >= 4 is 23.2 Å². The Balaban J connectivity index is 2.02. The van der Waals surface area contributed by atoms with E-state index in [4.69, 9.17) is 22.1 Å². The molecular weight excluding hydrogens is 400 g/mol. The van der Waals surface area contributed by atoms with Gasteiger partial charge in [-0.05, 0) is 43.2 Å². The van der Waals surface area contributed by atoms with E-state index < -0.39 is 17.0 Å². The monoisotopic (exact) mass is 421 g/mol. The van der Waals surface area contributed by atoms with Crippen LogP contribution in [-0.2, 0) is 16.7 Å². The molecule has 154 valence electrons. The molecule has 2 aromatic rings. The number of Topliss-reactive ketones (excluding diaryl/α,β-unsaturated/α-hetero) is 1. The minimum atomic E-state index is -2.00. The predicted octanol–water partition coefficient (Wildman–Crippen LogP) is 4.02. The van der Waals surface area contributed by atoms with Crippen molar-refractivity contribution in [1.82, 2.24) is 4.98 Å². The van der Waals surface area contributed by atoms with Crippen LogP contribution in [0.4, 0.5) is 8.78 Å². The molecular formula is C21H22ClF2N3O2. The molecule has 29 heavy (non-hydrogen) atoms. The Kier molecular flexibility index (Phi) is 6.00. The molecule has 0 spiro atoms. The van der Waals surface area contributed by atoms with Gasteiger partial charge in [-0.25, -0.2) is 8.78 Å². The van der Waals surface area contributed by atoms with E-state index in [0.717, 1.165) is 0 Å². The summed E-state index contributed by atoms with van der Waals surface area (Å²) in [6.45, 7) is 2.74. The lowest BCUT2D eigenvalue weighted by Gasteiger charge is -2.39. The first-order chi connectivity index (χ1) is 13.7. The first kappa shape index (κ1) is 21.3. The molecule has 1 aliphatic rings. The second-order valence-electron chi connectivity index (χ2n) is 7.28. The average Bonchev–Trinajstić information content (AvgIpc) is 2.79. The van der Waals surface area contributed by atoms with Crippen molar-refractivity contribution in [2.45, 2.75) is 37.9 Å². The highest BCUT2D eigenvalue weighted by Gasteiger charge is 2.52. The fourth-order valence-corrected chi connectivity index (χ4v) is 3.77. The maximum absolute atomic E-state index is 15.6. The molecule has 0 saturated carbocycles. The summed E-state index contributed by atoms with van der Waals surface area (Å²) < 4.78 is 35.8. The largest absolute Gasteiger partial charge is 0.386 e. The van der Waals surface area contributed by atoms with Crippen LogP contribution in [0.25, 0.3) is 0 Å². The number of nitrogens with two attached hydrogens (primary N) is 1. The van der Waals surface area contributed by atoms with Crippen molar-refractivity contribution < 1.29 is 18.3 Å². The Morgan fingerprint density at radius 3 is 2.76 bits per heavy atom. The first-order valence-corrected chi connectivity index (χ1v) is 9.61. The third-order valence-electron chi connectivity index (χ3n) is 5.19. The Bertz CT molecular complexity index is 947. The van der Waals surface area contributed by atoms with Gasteiger partial charge in [0.1, 0.15) is 29.5 Å². The molecule has 2 heterocycles. The van der Waals surface area contributed by atoms with Crippen molar-refractivity contribution in [3.8, 4) is 0 Å². The molecule has 1 unspecified atom stereocenters. The highest BCUT2D eigenvalue weighted by atomic mass is 35.5. The molecule has 3 rings (SSSR count). The van der Waals surface area contributed by atoms with E-state index in [1.54, 1.807) is 13.0 Å². The fraction of sp³-hybridized carbons (Fsp3) is 0.381. The fourth-order valence-electron chi connectivity index (χ4n) is 3.66. The Morgan fingerprint density at radius 2 is 2.10 bits per heavy atom. The normalized spacial score (nSPS) is 24.7. The zero-order chi connectivity index (χ0) is 21.2. The number of ketones is 1. The summed E-state index contributed by atoms with van der Waals surface area (Å²) in [7, 11) is 0. The molecule has 8 heteroatoms. The third-order valence-corrected chi connectivity index (χ3v) is 5.41. The van der Waals surface area contributed by atoms with E-state index in [2.05, 4.69) is 9.98 Å². The zero-order valence-corrected chi connectivity index (χ0v) is 17.0. The molecule has 0 bridgehead atoms. The van der Waals surface area contributed by atoms with Crippen molar-refractivity contribution in [2.75, 3.05) is 13.2 Å². The maximum atomic E-state index is 15.6. The zero-order valence-electron chi connectivity index (χ0n) is 16.2. The van der Waals surface area contributed by atoms with Crippen LogP contribution in [0.5, 0.6) is 0 Å². The molecule has 1 aromatic carbocycles. The molecule has 1 aliphatic heterocycles. The molecule has 0 amide bonds. The number of carbonyl (C=O) groups excluding carboxylic acids is 1. The van der Waals surface area contributed by atoms with Gasteiger partial charge in [-0.1, -0.05) is 24.6 Å². The van der Waals surface area contributed by atoms with Crippen molar-refractivity contribution in [1.29, 1.82) is 0 Å². The van der Waals surface area contributed by atoms with E-state index in [1.165, 1.54) is 37.4 Å². The molecule has 1 aromatic heterocycles. The number of carbonyl (C=O) groups is 1. The van der Waals surface area contributed by atoms with Crippen LogP contribution < -0.4 is 5.73 Å². The topological polar surface area (TPSA) is 77.6 Å². The Labute approximate surface area is 172 Å². The number of hydrogen-bond donors (Lipinski definition) is 1. The van der Waals surface area contributed by atoms with Crippen molar-refractivity contribution in [3.63, 3.8) is 0 Å². The molecule has 0 fully saturated rings. The quantitative estimate of drug-likeness (QED) is 0.739. The molecule has 0 radical (unpaired) electrons. The van der Waals surface area contributed by atoms with Crippen LogP contribution in [0.3, 0.4) is 0 Å². The maximum Gasteiger partial charge on any atom is 0.185 e. The van der Waals surface area contributed by atoms with Crippen LogP contribution in [0.15, 0.2) is 41.5 Å². The molecule has 2 N–H and O–H groups in total. The van der Waals surface area contributed by atoms with Gasteiger partial charge in [-0.15, -0.1) is 0 Å². The number of hydrogen-bond acceptors (Lipinski definition) is 5. The summed E-state index contributed by atoms with van der Waals surface area (Å²) >= 11 is 5.80. The number of nitrogens with zero attached hydrogens (tertiary/aromatic N) is 2. The van der Waals surface area contributed by atoms with Gasteiger partial charge in [0.15, 0.2) is 11.5 Å². The van der Waals surface area contributed by atoms with Gasteiger partial charge in [0.25, 0.3) is 0 Å². The third kappa shape index (κ3) is 4.16. The highest BCUT2D eigenvalue weighted by molar-refractivity contribution is 6.30. The minimum Gasteiger partial charge on any atom is -0.386 e. The van der Waals surface area contributed by atoms with Gasteiger partial charge in [0, 0.05) is 18.2 Å². The van der Waals surface area contributed by atoms with Gasteiger partial charge < -0.3 is 10.5 Å². The number of rotatable bonds is 5. The smallest absolute Gasteiger partial charge is 0.185 e. The summed E-state index contributed by atoms with van der Waals surface area (Å²) in [5.74, 6) is -0.783. The van der Waals surface area contributed by atoms with E-state index in [9.17, 15) is 9.18 Å². The summed E-state index contributed by atoms with van der Waals surface area (Å²) in [4.78, 5) is 20.9. The van der Waals surface area contributed by atoms with Gasteiger partial charge >= 0.3 is 0 Å². The van der Waals surface area contributed by atoms with Crippen molar-refractivity contribution in [2.24, 2.45) is 10.7 Å². The van der Waals surface area contributed by atoms with Crippen LogP contribution in [0.1, 0.15) is 41.9 Å². The molecule has 0 aliphatic carbocycles. The molecule has 5 nitrogen and oxygen atoms in total. The predicted molar refractivity (Wildman–Crippen MR) is 108 cm³/mol. The summed E-state index contributed by atoms with van der Waals surface area (Å²) in [5, 5.41) is 0.420. The van der Waals surface area contributed by atoms with Gasteiger partial charge in [0.2, 0.25) is 0 Å². The number of aliphatic imine (C=N–C) groups is 1. The van der Waals surface area contributed by atoms with Crippen LogP contribution in [0.2, 0.25) is 5.02 Å². The Morgan fingerprint density at radius 1 is 1.34 bits per heavy atom. The second kappa shape index (κ2) is 8.16. The van der Waals surface area contributed by atoms with Gasteiger partial charge in [-0.2, -0.15) is 0 Å². The summed E-state index contributed by atoms with van der Waals surface area (Å²) in [6.07, 6.45) is 1.52. The average molecular weight is 422 g/mol. The SMILES string of the molecule is CC[C@]1(c2cc(CC(=O)c3ccc(Cl)cn3)ccc2F)N=C(N)COCC1(C)F. The molecule has 0 saturated heterocycles. The van der Waals surface area contributed by atoms with Crippen LogP contribution in [-0.4, -0.2) is 35.5 Å².